The average Bonchev–Trinajstić information content (AvgIpc) is 2.31. The molecule has 5 heteroatoms. The zero-order valence-electron chi connectivity index (χ0n) is 10.4. The molecule has 1 aromatic rings. The molecule has 1 saturated heterocycles. The number of phenols is 1. The summed E-state index contributed by atoms with van der Waals surface area (Å²) in [4.78, 5) is 25.4. The summed E-state index contributed by atoms with van der Waals surface area (Å²) in [7, 11) is 0. The molecule has 0 unspecified atom stereocenters. The Morgan fingerprint density at radius 1 is 1.39 bits per heavy atom. The lowest BCUT2D eigenvalue weighted by molar-refractivity contribution is -0.146. The second kappa shape index (κ2) is 4.68. The molecule has 0 aromatic heterocycles. The Morgan fingerprint density at radius 3 is 2.72 bits per heavy atom. The van der Waals surface area contributed by atoms with Gasteiger partial charge >= 0.3 is 0 Å². The van der Waals surface area contributed by atoms with Crippen LogP contribution in [-0.4, -0.2) is 34.4 Å². The predicted molar refractivity (Wildman–Crippen MR) is 65.8 cm³/mol. The van der Waals surface area contributed by atoms with Gasteiger partial charge in [0.2, 0.25) is 5.91 Å². The van der Waals surface area contributed by atoms with Crippen molar-refractivity contribution in [3.63, 3.8) is 0 Å². The second-order valence-electron chi connectivity index (χ2n) is 4.66. The van der Waals surface area contributed by atoms with E-state index in [0.717, 1.165) is 0 Å². The number of amides is 2. The van der Waals surface area contributed by atoms with Gasteiger partial charge in [-0.05, 0) is 31.5 Å². The third-order valence-electron chi connectivity index (χ3n) is 2.98. The fourth-order valence-corrected chi connectivity index (χ4v) is 2.03. The lowest BCUT2D eigenvalue weighted by Gasteiger charge is -2.35. The van der Waals surface area contributed by atoms with Gasteiger partial charge in [-0.25, -0.2) is 0 Å². The molecule has 2 rings (SSSR count). The molecule has 2 amide bonds. The number of hydrogen-bond donors (Lipinski definition) is 2. The molecule has 18 heavy (non-hydrogen) atoms. The lowest BCUT2D eigenvalue weighted by Crippen LogP contribution is -2.55. The number of rotatable bonds is 2. The van der Waals surface area contributed by atoms with Crippen molar-refractivity contribution in [1.82, 2.24) is 10.2 Å². The summed E-state index contributed by atoms with van der Waals surface area (Å²) < 4.78 is 0. The molecule has 0 bridgehead atoms. The van der Waals surface area contributed by atoms with Crippen molar-refractivity contribution in [2.24, 2.45) is 0 Å². The first kappa shape index (κ1) is 12.4. The van der Waals surface area contributed by atoms with E-state index in [2.05, 4.69) is 5.32 Å². The Bertz CT molecular complexity index is 485. The minimum atomic E-state index is -0.708. The van der Waals surface area contributed by atoms with E-state index in [-0.39, 0.29) is 30.2 Å². The van der Waals surface area contributed by atoms with E-state index >= 15 is 0 Å². The summed E-state index contributed by atoms with van der Waals surface area (Å²) in [5.41, 5.74) is 0.596. The Hall–Kier alpha value is -2.04. The highest BCUT2D eigenvalue weighted by atomic mass is 16.3. The predicted octanol–water partition coefficient (Wildman–Crippen LogP) is 0.800. The monoisotopic (exact) mass is 248 g/mol. The van der Waals surface area contributed by atoms with Gasteiger partial charge in [-0.2, -0.15) is 0 Å². The van der Waals surface area contributed by atoms with E-state index in [1.54, 1.807) is 12.1 Å². The Balaban J connectivity index is 2.32. The van der Waals surface area contributed by atoms with Crippen LogP contribution >= 0.6 is 0 Å². The smallest absolute Gasteiger partial charge is 0.250 e. The highest BCUT2D eigenvalue weighted by molar-refractivity contribution is 5.95. The van der Waals surface area contributed by atoms with Crippen LogP contribution < -0.4 is 5.32 Å². The highest BCUT2D eigenvalue weighted by Crippen LogP contribution is 2.23. The number of piperazine rings is 1. The summed E-state index contributed by atoms with van der Waals surface area (Å²) >= 11 is 0. The zero-order valence-corrected chi connectivity index (χ0v) is 10.4. The molecule has 5 nitrogen and oxygen atoms in total. The first-order valence-electron chi connectivity index (χ1n) is 5.88. The number of aromatic hydroxyl groups is 1. The van der Waals surface area contributed by atoms with E-state index in [1.165, 1.54) is 17.0 Å². The van der Waals surface area contributed by atoms with Crippen LogP contribution in [0.2, 0.25) is 0 Å². The van der Waals surface area contributed by atoms with Gasteiger partial charge in [-0.1, -0.05) is 12.1 Å². The SMILES string of the molecule is CC(C)N1CC(=O)N[C@H](c2cccc(O)c2)C1=O. The number of nitrogens with zero attached hydrogens (tertiary/aromatic N) is 1. The summed E-state index contributed by atoms with van der Waals surface area (Å²) in [5.74, 6) is -0.247. The van der Waals surface area contributed by atoms with Gasteiger partial charge in [0.15, 0.2) is 0 Å². The summed E-state index contributed by atoms with van der Waals surface area (Å²) in [5, 5.41) is 12.1. The third kappa shape index (κ3) is 2.30. The van der Waals surface area contributed by atoms with E-state index < -0.39 is 6.04 Å². The van der Waals surface area contributed by atoms with Gasteiger partial charge in [-0.15, -0.1) is 0 Å². The van der Waals surface area contributed by atoms with Crippen molar-refractivity contribution in [3.8, 4) is 5.75 Å². The van der Waals surface area contributed by atoms with E-state index in [1.807, 2.05) is 13.8 Å². The van der Waals surface area contributed by atoms with Gasteiger partial charge in [-0.3, -0.25) is 9.59 Å². The molecule has 1 heterocycles. The maximum atomic E-state index is 12.3. The van der Waals surface area contributed by atoms with Crippen molar-refractivity contribution in [2.75, 3.05) is 6.54 Å². The second-order valence-corrected chi connectivity index (χ2v) is 4.66. The summed E-state index contributed by atoms with van der Waals surface area (Å²) in [6.07, 6.45) is 0. The van der Waals surface area contributed by atoms with Crippen LogP contribution in [0.15, 0.2) is 24.3 Å². The molecular weight excluding hydrogens is 232 g/mol. The normalized spacial score (nSPS) is 20.2. The molecule has 0 spiro atoms. The van der Waals surface area contributed by atoms with Gasteiger partial charge in [0, 0.05) is 6.04 Å². The van der Waals surface area contributed by atoms with Gasteiger partial charge in [0.05, 0.1) is 6.54 Å². The molecule has 0 aliphatic carbocycles. The fourth-order valence-electron chi connectivity index (χ4n) is 2.03. The van der Waals surface area contributed by atoms with Crippen molar-refractivity contribution in [3.05, 3.63) is 29.8 Å². The molecule has 1 aromatic carbocycles. The molecule has 1 fully saturated rings. The van der Waals surface area contributed by atoms with Crippen molar-refractivity contribution in [1.29, 1.82) is 0 Å². The number of phenolic OH excluding ortho intramolecular Hbond substituents is 1. The van der Waals surface area contributed by atoms with Gasteiger partial charge in [0.1, 0.15) is 11.8 Å². The number of hydrogen-bond acceptors (Lipinski definition) is 3. The number of carbonyl (C=O) groups is 2. The van der Waals surface area contributed by atoms with Crippen LogP contribution in [0.4, 0.5) is 0 Å². The fraction of sp³-hybridized carbons (Fsp3) is 0.385. The quantitative estimate of drug-likeness (QED) is 0.813. The summed E-state index contributed by atoms with van der Waals surface area (Å²) in [6, 6.07) is 5.65. The van der Waals surface area contributed by atoms with Crippen LogP contribution in [0.1, 0.15) is 25.5 Å². The molecule has 1 aliphatic rings. The van der Waals surface area contributed by atoms with Crippen LogP contribution in [-0.2, 0) is 9.59 Å². The van der Waals surface area contributed by atoms with Crippen LogP contribution in [0.5, 0.6) is 5.75 Å². The minimum absolute atomic E-state index is 0.0247. The lowest BCUT2D eigenvalue weighted by atomic mass is 10.0. The first-order chi connectivity index (χ1) is 8.49. The summed E-state index contributed by atoms with van der Waals surface area (Å²) in [6.45, 7) is 3.83. The molecule has 96 valence electrons. The number of carbonyl (C=O) groups excluding carboxylic acids is 2. The minimum Gasteiger partial charge on any atom is -0.508 e. The van der Waals surface area contributed by atoms with Crippen molar-refractivity contribution >= 4 is 11.8 Å². The maximum Gasteiger partial charge on any atom is 0.250 e. The molecule has 0 saturated carbocycles. The zero-order chi connectivity index (χ0) is 13.3. The Kier molecular flexibility index (Phi) is 3.23. The Labute approximate surface area is 105 Å². The van der Waals surface area contributed by atoms with Crippen LogP contribution in [0, 0.1) is 0 Å². The topological polar surface area (TPSA) is 69.6 Å². The van der Waals surface area contributed by atoms with Crippen molar-refractivity contribution in [2.45, 2.75) is 25.9 Å². The molecule has 1 atom stereocenters. The van der Waals surface area contributed by atoms with Gasteiger partial charge < -0.3 is 15.3 Å². The number of benzene rings is 1. The largest absolute Gasteiger partial charge is 0.508 e. The Morgan fingerprint density at radius 2 is 2.11 bits per heavy atom. The molecular formula is C13H16N2O3. The molecule has 2 N–H and O–H groups in total. The van der Waals surface area contributed by atoms with Crippen molar-refractivity contribution < 1.29 is 14.7 Å². The molecule has 1 aliphatic heterocycles. The van der Waals surface area contributed by atoms with Crippen LogP contribution in [0.25, 0.3) is 0 Å². The maximum absolute atomic E-state index is 12.3. The van der Waals surface area contributed by atoms with E-state index in [9.17, 15) is 14.7 Å². The van der Waals surface area contributed by atoms with Gasteiger partial charge in [0.25, 0.3) is 5.91 Å². The third-order valence-corrected chi connectivity index (χ3v) is 2.98. The molecule has 0 radical (unpaired) electrons. The highest BCUT2D eigenvalue weighted by Gasteiger charge is 2.34. The van der Waals surface area contributed by atoms with E-state index in [0.29, 0.717) is 5.56 Å². The number of nitrogens with one attached hydrogen (secondary N) is 1. The standard InChI is InChI=1S/C13H16N2O3/c1-8(2)15-7-11(17)14-12(13(15)18)9-4-3-5-10(16)6-9/h3-6,8,12,16H,7H2,1-2H3,(H,14,17)/t12-/m1/s1. The van der Waals surface area contributed by atoms with E-state index in [4.69, 9.17) is 0 Å². The van der Waals surface area contributed by atoms with Crippen LogP contribution in [0.3, 0.4) is 0 Å². The first-order valence-corrected chi connectivity index (χ1v) is 5.88. The average molecular weight is 248 g/mol.